The van der Waals surface area contributed by atoms with Gasteiger partial charge in [-0.3, -0.25) is 23.4 Å². The van der Waals surface area contributed by atoms with Crippen LogP contribution in [0.5, 0.6) is 0 Å². The van der Waals surface area contributed by atoms with Crippen molar-refractivity contribution < 1.29 is 62.2 Å². The molecule has 2 aromatic rings. The first-order valence-corrected chi connectivity index (χ1v) is 13.6. The molecule has 2 fully saturated rings. The zero-order chi connectivity index (χ0) is 27.3. The number of H-pyrrole nitrogens is 1. The molecule has 208 valence electrons. The van der Waals surface area contributed by atoms with Crippen LogP contribution in [0.1, 0.15) is 19.6 Å². The lowest BCUT2D eigenvalue weighted by Crippen LogP contribution is -2.46. The number of rotatable bonds is 8. The third kappa shape index (κ3) is 6.10. The maximum absolute atomic E-state index is 12.3. The minimum Gasteiger partial charge on any atom is -0.390 e. The van der Waals surface area contributed by atoms with Gasteiger partial charge in [-0.2, -0.15) is 9.29 Å². The second kappa shape index (κ2) is 10.4. The highest BCUT2D eigenvalue weighted by Gasteiger charge is 2.47. The predicted octanol–water partition coefficient (Wildman–Crippen LogP) is -2.57. The van der Waals surface area contributed by atoms with Crippen molar-refractivity contribution in [2.24, 2.45) is 0 Å². The SMILES string of the molecule is C[C@H]1OC(OP(=O)(O)OP(=O)(O)OC[C@H]2O[C@@H](n3cnc4c(=O)[nH]c(N)nc43)[C@H](O)[C@@H]2O)[C@H](O)C[C@H]1O. The monoisotopic (exact) mass is 573 g/mol. The number of nitrogens with one attached hydrogen (secondary N) is 1. The van der Waals surface area contributed by atoms with E-state index in [0.717, 1.165) is 10.9 Å². The Kier molecular flexibility index (Phi) is 7.91. The average Bonchev–Trinajstić information content (AvgIpc) is 3.31. The number of fused-ring (bicyclic) bond motifs is 1. The van der Waals surface area contributed by atoms with Crippen LogP contribution in [0.2, 0.25) is 0 Å². The van der Waals surface area contributed by atoms with Gasteiger partial charge >= 0.3 is 15.6 Å². The highest BCUT2D eigenvalue weighted by Crippen LogP contribution is 2.61. The van der Waals surface area contributed by atoms with Crippen molar-refractivity contribution in [2.45, 2.75) is 62.5 Å². The Morgan fingerprint density at radius 1 is 1.16 bits per heavy atom. The van der Waals surface area contributed by atoms with Crippen molar-refractivity contribution in [1.82, 2.24) is 19.5 Å². The van der Waals surface area contributed by atoms with Gasteiger partial charge < -0.3 is 45.4 Å². The first-order chi connectivity index (χ1) is 17.2. The van der Waals surface area contributed by atoms with E-state index in [-0.39, 0.29) is 23.5 Å². The highest BCUT2D eigenvalue weighted by atomic mass is 31.3. The van der Waals surface area contributed by atoms with E-state index in [2.05, 4.69) is 28.3 Å². The van der Waals surface area contributed by atoms with Crippen molar-refractivity contribution >= 4 is 32.8 Å². The second-order valence-electron chi connectivity index (χ2n) is 8.32. The van der Waals surface area contributed by atoms with Gasteiger partial charge in [0.2, 0.25) is 5.95 Å². The number of hydrogen-bond acceptors (Lipinski definition) is 15. The number of aliphatic hydroxyl groups excluding tert-OH is 4. The van der Waals surface area contributed by atoms with Gasteiger partial charge in [-0.05, 0) is 6.92 Å². The minimum absolute atomic E-state index is 0.0810. The lowest BCUT2D eigenvalue weighted by atomic mass is 10.0. The molecule has 4 rings (SSSR count). The Hall–Kier alpha value is -1.83. The number of nitrogens with zero attached hydrogens (tertiary/aromatic N) is 3. The average molecular weight is 573 g/mol. The molecule has 0 aromatic carbocycles. The summed E-state index contributed by atoms with van der Waals surface area (Å²) in [6.45, 7) is 0.484. The molecule has 2 aliphatic rings. The van der Waals surface area contributed by atoms with E-state index >= 15 is 0 Å². The quantitative estimate of drug-likeness (QED) is 0.150. The summed E-state index contributed by atoms with van der Waals surface area (Å²) in [7, 11) is -10.7. The fraction of sp³-hybridized carbons (Fsp3) is 0.688. The number of phosphoric acid groups is 2. The molecule has 3 unspecified atom stereocenters. The summed E-state index contributed by atoms with van der Waals surface area (Å²) < 4.78 is 49.5. The van der Waals surface area contributed by atoms with Crippen molar-refractivity contribution in [2.75, 3.05) is 12.3 Å². The smallest absolute Gasteiger partial charge is 0.390 e. The van der Waals surface area contributed by atoms with E-state index in [0.29, 0.717) is 0 Å². The number of hydrogen-bond donors (Lipinski definition) is 8. The number of ether oxygens (including phenoxy) is 2. The summed E-state index contributed by atoms with van der Waals surface area (Å²) in [5, 5.41) is 40.2. The maximum Gasteiger partial charge on any atom is 0.483 e. The van der Waals surface area contributed by atoms with Crippen LogP contribution >= 0.6 is 15.6 Å². The van der Waals surface area contributed by atoms with E-state index in [4.69, 9.17) is 15.2 Å². The van der Waals surface area contributed by atoms with Gasteiger partial charge in [0.05, 0.1) is 25.1 Å². The summed E-state index contributed by atoms with van der Waals surface area (Å²) in [6.07, 6.45) is -10.6. The normalized spacial score (nSPS) is 35.9. The number of phosphoric ester groups is 2. The largest absolute Gasteiger partial charge is 0.483 e. The maximum atomic E-state index is 12.3. The molecule has 0 saturated carbocycles. The first kappa shape index (κ1) is 28.2. The molecule has 19 nitrogen and oxygen atoms in total. The standard InChI is InChI=1S/C16H25N5O14P2/c1-5-6(22)2-7(23)15(32-5)34-37(29,30)35-36(27,28)31-3-8-10(24)11(25)14(33-8)21-4-18-9-12(21)19-16(17)20-13(9)26/h4-8,10-11,14-15,22-25H,2-3H2,1H3,(H,27,28)(H,29,30)(H3,17,19,20,26)/t5-,6-,7-,8-,10-,11-,14-,15?/m1/s1. The predicted molar refractivity (Wildman–Crippen MR) is 117 cm³/mol. The molecule has 2 aromatic heterocycles. The van der Waals surface area contributed by atoms with E-state index in [1.807, 2.05) is 0 Å². The van der Waals surface area contributed by atoms with Crippen LogP contribution in [0.3, 0.4) is 0 Å². The van der Waals surface area contributed by atoms with Crippen molar-refractivity contribution in [3.05, 3.63) is 16.7 Å². The van der Waals surface area contributed by atoms with Crippen LogP contribution in [0.25, 0.3) is 11.2 Å². The van der Waals surface area contributed by atoms with Gasteiger partial charge in [0.15, 0.2) is 23.7 Å². The van der Waals surface area contributed by atoms with Crippen LogP contribution in [-0.4, -0.2) is 99.3 Å². The van der Waals surface area contributed by atoms with Crippen LogP contribution in [-0.2, 0) is 32.0 Å². The number of aromatic amines is 1. The molecular weight excluding hydrogens is 548 g/mol. The zero-order valence-corrected chi connectivity index (χ0v) is 20.7. The molecule has 37 heavy (non-hydrogen) atoms. The molecule has 4 heterocycles. The molecular formula is C16H25N5O14P2. The van der Waals surface area contributed by atoms with Crippen molar-refractivity contribution in [1.29, 1.82) is 0 Å². The Labute approximate surface area is 206 Å². The first-order valence-electron chi connectivity index (χ1n) is 10.6. The van der Waals surface area contributed by atoms with Crippen LogP contribution in [0.15, 0.2) is 11.1 Å². The molecule has 2 aliphatic heterocycles. The van der Waals surface area contributed by atoms with Gasteiger partial charge in [0.1, 0.15) is 24.4 Å². The molecule has 0 bridgehead atoms. The van der Waals surface area contributed by atoms with E-state index in [1.54, 1.807) is 0 Å². The fourth-order valence-corrected chi connectivity index (χ4v) is 5.91. The molecule has 21 heteroatoms. The lowest BCUT2D eigenvalue weighted by molar-refractivity contribution is -0.233. The third-order valence-corrected chi connectivity index (χ3v) is 8.20. The van der Waals surface area contributed by atoms with E-state index < -0.39 is 77.0 Å². The molecule has 0 amide bonds. The third-order valence-electron chi connectivity index (χ3n) is 5.60. The molecule has 0 aliphatic carbocycles. The molecule has 0 spiro atoms. The van der Waals surface area contributed by atoms with Crippen LogP contribution in [0, 0.1) is 0 Å². The Balaban J connectivity index is 1.39. The van der Waals surface area contributed by atoms with Gasteiger partial charge in [-0.1, -0.05) is 0 Å². The summed E-state index contributed by atoms with van der Waals surface area (Å²) in [5.74, 6) is -0.252. The molecule has 9 N–H and O–H groups in total. The summed E-state index contributed by atoms with van der Waals surface area (Å²) in [4.78, 5) is 41.7. The van der Waals surface area contributed by atoms with Gasteiger partial charge in [0, 0.05) is 6.42 Å². The number of imidazole rings is 1. The summed E-state index contributed by atoms with van der Waals surface area (Å²) in [5.41, 5.74) is 4.64. The van der Waals surface area contributed by atoms with Gasteiger partial charge in [-0.25, -0.2) is 14.1 Å². The zero-order valence-electron chi connectivity index (χ0n) is 18.9. The van der Waals surface area contributed by atoms with Crippen molar-refractivity contribution in [3.8, 4) is 0 Å². The Bertz CT molecular complexity index is 1290. The topological polar surface area (TPSA) is 291 Å². The van der Waals surface area contributed by atoms with Gasteiger partial charge in [-0.15, -0.1) is 0 Å². The number of nitrogen functional groups attached to an aromatic ring is 1. The summed E-state index contributed by atoms with van der Waals surface area (Å²) in [6, 6.07) is 0. The lowest BCUT2D eigenvalue weighted by Gasteiger charge is -2.35. The molecule has 10 atom stereocenters. The second-order valence-corrected chi connectivity index (χ2v) is 11.3. The summed E-state index contributed by atoms with van der Waals surface area (Å²) >= 11 is 0. The molecule has 0 radical (unpaired) electrons. The fourth-order valence-electron chi connectivity index (χ4n) is 3.74. The number of aliphatic hydroxyl groups is 4. The van der Waals surface area contributed by atoms with E-state index in [9.17, 15) is 44.1 Å². The van der Waals surface area contributed by atoms with Crippen LogP contribution < -0.4 is 11.3 Å². The number of anilines is 1. The van der Waals surface area contributed by atoms with Crippen molar-refractivity contribution in [3.63, 3.8) is 0 Å². The Morgan fingerprint density at radius 2 is 1.86 bits per heavy atom. The minimum atomic E-state index is -5.37. The molecule has 2 saturated heterocycles. The number of aromatic nitrogens is 4. The Morgan fingerprint density at radius 3 is 2.57 bits per heavy atom. The number of nitrogens with two attached hydrogens (primary N) is 1. The van der Waals surface area contributed by atoms with Gasteiger partial charge in [0.25, 0.3) is 5.56 Å². The van der Waals surface area contributed by atoms with E-state index in [1.165, 1.54) is 6.92 Å². The highest BCUT2D eigenvalue weighted by molar-refractivity contribution is 7.61. The van der Waals surface area contributed by atoms with Crippen LogP contribution in [0.4, 0.5) is 5.95 Å².